The first-order valence-electron chi connectivity index (χ1n) is 7.80. The first kappa shape index (κ1) is 17.5. The third-order valence-electron chi connectivity index (χ3n) is 4.50. The van der Waals surface area contributed by atoms with Crippen LogP contribution < -0.4 is 0 Å². The predicted molar refractivity (Wildman–Crippen MR) is 95.2 cm³/mol. The van der Waals surface area contributed by atoms with Crippen molar-refractivity contribution in [2.45, 2.75) is 54.0 Å². The average Bonchev–Trinajstić information content (AvgIpc) is 2.47. The van der Waals surface area contributed by atoms with Crippen LogP contribution in [0.4, 0.5) is 0 Å². The highest BCUT2D eigenvalue weighted by atomic mass is 15.2. The summed E-state index contributed by atoms with van der Waals surface area (Å²) >= 11 is 0. The Kier molecular flexibility index (Phi) is 6.19. The molecule has 0 N–H and O–H groups in total. The fourth-order valence-electron chi connectivity index (χ4n) is 2.58. The van der Waals surface area contributed by atoms with Gasteiger partial charge in [-0.1, -0.05) is 13.5 Å². The predicted octanol–water partition coefficient (Wildman–Crippen LogP) is 4.77. The Morgan fingerprint density at radius 3 is 2.19 bits per heavy atom. The SMILES string of the molecule is C=C(c1cc(C)c(C)c(C)c1)N(CCC)C(C)/C(C)=N/C. The van der Waals surface area contributed by atoms with Crippen molar-refractivity contribution in [2.24, 2.45) is 4.99 Å². The third kappa shape index (κ3) is 3.96. The maximum absolute atomic E-state index is 4.36. The highest BCUT2D eigenvalue weighted by molar-refractivity contribution is 5.88. The van der Waals surface area contributed by atoms with Crippen LogP contribution in [0.3, 0.4) is 0 Å². The Morgan fingerprint density at radius 1 is 1.24 bits per heavy atom. The summed E-state index contributed by atoms with van der Waals surface area (Å²) in [5, 5.41) is 0. The normalized spacial score (nSPS) is 13.2. The molecule has 0 heterocycles. The van der Waals surface area contributed by atoms with Gasteiger partial charge in [0.15, 0.2) is 0 Å². The lowest BCUT2D eigenvalue weighted by Gasteiger charge is -2.33. The van der Waals surface area contributed by atoms with Crippen molar-refractivity contribution in [2.75, 3.05) is 13.6 Å². The smallest absolute Gasteiger partial charge is 0.0639 e. The lowest BCUT2D eigenvalue weighted by Crippen LogP contribution is -2.37. The molecule has 21 heavy (non-hydrogen) atoms. The van der Waals surface area contributed by atoms with Crippen molar-refractivity contribution < 1.29 is 0 Å². The van der Waals surface area contributed by atoms with Gasteiger partial charge in [-0.2, -0.15) is 0 Å². The monoisotopic (exact) mass is 286 g/mol. The summed E-state index contributed by atoms with van der Waals surface area (Å²) in [6.45, 7) is 18.4. The van der Waals surface area contributed by atoms with Crippen molar-refractivity contribution in [3.8, 4) is 0 Å². The minimum absolute atomic E-state index is 0.282. The lowest BCUT2D eigenvalue weighted by molar-refractivity contribution is 0.372. The Hall–Kier alpha value is -1.57. The first-order chi connectivity index (χ1) is 9.83. The van der Waals surface area contributed by atoms with Crippen LogP contribution in [0, 0.1) is 20.8 Å². The second-order valence-corrected chi connectivity index (χ2v) is 5.92. The zero-order valence-electron chi connectivity index (χ0n) is 14.7. The van der Waals surface area contributed by atoms with Crippen molar-refractivity contribution in [3.05, 3.63) is 41.0 Å². The van der Waals surface area contributed by atoms with Crippen LogP contribution in [0.1, 0.15) is 49.4 Å². The van der Waals surface area contributed by atoms with E-state index in [-0.39, 0.29) is 6.04 Å². The second kappa shape index (κ2) is 7.44. The second-order valence-electron chi connectivity index (χ2n) is 5.92. The first-order valence-corrected chi connectivity index (χ1v) is 7.80. The molecule has 0 aliphatic heterocycles. The van der Waals surface area contributed by atoms with Crippen LogP contribution in [0.5, 0.6) is 0 Å². The largest absolute Gasteiger partial charge is 0.364 e. The van der Waals surface area contributed by atoms with E-state index in [0.717, 1.165) is 24.4 Å². The molecule has 1 aromatic carbocycles. The van der Waals surface area contributed by atoms with Gasteiger partial charge in [0, 0.05) is 25.0 Å². The topological polar surface area (TPSA) is 15.6 Å². The maximum Gasteiger partial charge on any atom is 0.0639 e. The zero-order chi connectivity index (χ0) is 16.2. The molecule has 0 aliphatic carbocycles. The minimum atomic E-state index is 0.282. The van der Waals surface area contributed by atoms with Crippen LogP contribution in [0.2, 0.25) is 0 Å². The van der Waals surface area contributed by atoms with E-state index in [1.807, 2.05) is 7.05 Å². The highest BCUT2D eigenvalue weighted by Crippen LogP contribution is 2.25. The van der Waals surface area contributed by atoms with Crippen LogP contribution in [-0.4, -0.2) is 30.2 Å². The van der Waals surface area contributed by atoms with E-state index in [0.29, 0.717) is 0 Å². The van der Waals surface area contributed by atoms with E-state index in [9.17, 15) is 0 Å². The van der Waals surface area contributed by atoms with Gasteiger partial charge in [-0.05, 0) is 75.4 Å². The molecule has 1 unspecified atom stereocenters. The van der Waals surface area contributed by atoms with Gasteiger partial charge in [0.1, 0.15) is 0 Å². The van der Waals surface area contributed by atoms with Gasteiger partial charge >= 0.3 is 0 Å². The molecule has 116 valence electrons. The quantitative estimate of drug-likeness (QED) is 0.688. The summed E-state index contributed by atoms with van der Waals surface area (Å²) in [5.74, 6) is 0. The molecule has 0 spiro atoms. The molecule has 1 atom stereocenters. The summed E-state index contributed by atoms with van der Waals surface area (Å²) in [7, 11) is 1.86. The third-order valence-corrected chi connectivity index (χ3v) is 4.50. The number of benzene rings is 1. The Labute approximate surface area is 130 Å². The molecule has 0 fully saturated rings. The van der Waals surface area contributed by atoms with Crippen molar-refractivity contribution >= 4 is 11.4 Å². The van der Waals surface area contributed by atoms with Gasteiger partial charge in [-0.3, -0.25) is 4.99 Å². The number of rotatable bonds is 6. The van der Waals surface area contributed by atoms with Gasteiger partial charge in [0.25, 0.3) is 0 Å². The molecular weight excluding hydrogens is 256 g/mol. The Morgan fingerprint density at radius 2 is 1.76 bits per heavy atom. The number of hydrogen-bond acceptors (Lipinski definition) is 2. The van der Waals surface area contributed by atoms with E-state index < -0.39 is 0 Å². The molecule has 0 amide bonds. The van der Waals surface area contributed by atoms with E-state index in [2.05, 4.69) is 70.1 Å². The summed E-state index contributed by atoms with van der Waals surface area (Å²) in [4.78, 5) is 6.72. The average molecular weight is 286 g/mol. The van der Waals surface area contributed by atoms with Crippen molar-refractivity contribution in [1.82, 2.24) is 4.90 Å². The molecule has 2 nitrogen and oxygen atoms in total. The summed E-state index contributed by atoms with van der Waals surface area (Å²) in [6, 6.07) is 4.78. The number of aliphatic imine (C=N–C) groups is 1. The van der Waals surface area contributed by atoms with Crippen molar-refractivity contribution in [3.63, 3.8) is 0 Å². The number of nitrogens with zero attached hydrogens (tertiary/aromatic N) is 2. The standard InChI is InChI=1S/C19H30N2/c1-9-10-21(17(6)16(5)20-8)18(7)19-11-13(2)15(4)14(3)12-19/h11-12,17H,7,9-10H2,1-6,8H3/b20-16+. The Bertz CT molecular complexity index is 517. The van der Waals surface area contributed by atoms with Gasteiger partial charge in [-0.25, -0.2) is 0 Å². The van der Waals surface area contributed by atoms with Gasteiger partial charge < -0.3 is 4.90 Å². The Balaban J connectivity index is 3.18. The fourth-order valence-corrected chi connectivity index (χ4v) is 2.58. The lowest BCUT2D eigenvalue weighted by atomic mass is 9.98. The maximum atomic E-state index is 4.36. The molecule has 0 saturated carbocycles. The molecule has 0 bridgehead atoms. The number of hydrogen-bond donors (Lipinski definition) is 0. The van der Waals surface area contributed by atoms with E-state index >= 15 is 0 Å². The van der Waals surface area contributed by atoms with E-state index in [1.54, 1.807) is 0 Å². The van der Waals surface area contributed by atoms with Crippen LogP contribution >= 0.6 is 0 Å². The molecule has 0 aromatic heterocycles. The molecular formula is C19H30N2. The molecule has 0 saturated heterocycles. The van der Waals surface area contributed by atoms with Gasteiger partial charge in [0.05, 0.1) is 6.04 Å². The minimum Gasteiger partial charge on any atom is -0.364 e. The summed E-state index contributed by atoms with van der Waals surface area (Å²) < 4.78 is 0. The molecule has 0 aliphatic rings. The molecule has 2 heteroatoms. The summed E-state index contributed by atoms with van der Waals surface area (Å²) in [5.41, 5.74) is 7.49. The molecule has 1 rings (SSSR count). The molecule has 0 radical (unpaired) electrons. The zero-order valence-corrected chi connectivity index (χ0v) is 14.7. The molecule has 1 aromatic rings. The van der Waals surface area contributed by atoms with Crippen LogP contribution in [0.15, 0.2) is 23.7 Å². The van der Waals surface area contributed by atoms with Crippen LogP contribution in [0.25, 0.3) is 5.70 Å². The van der Waals surface area contributed by atoms with Crippen LogP contribution in [-0.2, 0) is 0 Å². The summed E-state index contributed by atoms with van der Waals surface area (Å²) in [6.07, 6.45) is 1.10. The number of aryl methyl sites for hydroxylation is 2. The highest BCUT2D eigenvalue weighted by Gasteiger charge is 2.18. The fraction of sp³-hybridized carbons (Fsp3) is 0.526. The van der Waals surface area contributed by atoms with Crippen molar-refractivity contribution in [1.29, 1.82) is 0 Å². The van der Waals surface area contributed by atoms with Gasteiger partial charge in [-0.15, -0.1) is 0 Å². The van der Waals surface area contributed by atoms with Gasteiger partial charge in [0.2, 0.25) is 0 Å². The van der Waals surface area contributed by atoms with E-state index in [4.69, 9.17) is 0 Å². The van der Waals surface area contributed by atoms with E-state index in [1.165, 1.54) is 22.3 Å².